The minimum absolute atomic E-state index is 0.285. The maximum absolute atomic E-state index is 13.0. The van der Waals surface area contributed by atoms with Crippen LogP contribution in [0.15, 0.2) is 72.9 Å². The summed E-state index contributed by atoms with van der Waals surface area (Å²) < 4.78 is 26.6. The lowest BCUT2D eigenvalue weighted by Gasteiger charge is -2.10. The van der Waals surface area contributed by atoms with Crippen LogP contribution in [-0.4, -0.2) is 22.6 Å². The van der Waals surface area contributed by atoms with Crippen molar-refractivity contribution in [1.29, 1.82) is 0 Å². The SMILES string of the molecule is Cc1ccc2nc(-c3ccccc3)c(OCCOc3ccc(F)cc3)n2c1. The van der Waals surface area contributed by atoms with E-state index in [2.05, 4.69) is 0 Å². The number of hydrogen-bond donors (Lipinski definition) is 0. The summed E-state index contributed by atoms with van der Waals surface area (Å²) in [6.07, 6.45) is 2.00. The van der Waals surface area contributed by atoms with Crippen LogP contribution < -0.4 is 9.47 Å². The van der Waals surface area contributed by atoms with E-state index in [4.69, 9.17) is 14.5 Å². The fourth-order valence-corrected chi connectivity index (χ4v) is 2.88. The van der Waals surface area contributed by atoms with Crippen LogP contribution in [0.2, 0.25) is 0 Å². The molecule has 0 spiro atoms. The summed E-state index contributed by atoms with van der Waals surface area (Å²) in [6, 6.07) is 19.9. The van der Waals surface area contributed by atoms with Crippen LogP contribution in [0.1, 0.15) is 5.56 Å². The normalized spacial score (nSPS) is 10.9. The van der Waals surface area contributed by atoms with Crippen molar-refractivity contribution in [3.63, 3.8) is 0 Å². The molecule has 0 aliphatic rings. The van der Waals surface area contributed by atoms with E-state index in [1.165, 1.54) is 12.1 Å². The number of aromatic nitrogens is 2. The van der Waals surface area contributed by atoms with E-state index in [0.29, 0.717) is 24.8 Å². The summed E-state index contributed by atoms with van der Waals surface area (Å²) in [5.74, 6) is 1.01. The van der Waals surface area contributed by atoms with Crippen molar-refractivity contribution < 1.29 is 13.9 Å². The number of halogens is 1. The van der Waals surface area contributed by atoms with Crippen LogP contribution in [-0.2, 0) is 0 Å². The smallest absolute Gasteiger partial charge is 0.226 e. The molecule has 0 aliphatic carbocycles. The molecule has 0 amide bonds. The molecule has 4 nitrogen and oxygen atoms in total. The van der Waals surface area contributed by atoms with Crippen LogP contribution in [0.4, 0.5) is 4.39 Å². The number of aryl methyl sites for hydroxylation is 1. The molecule has 4 aromatic rings. The van der Waals surface area contributed by atoms with Gasteiger partial charge in [-0.15, -0.1) is 0 Å². The maximum Gasteiger partial charge on any atom is 0.226 e. The second kappa shape index (κ2) is 7.50. The lowest BCUT2D eigenvalue weighted by molar-refractivity contribution is 0.211. The van der Waals surface area contributed by atoms with Crippen LogP contribution >= 0.6 is 0 Å². The van der Waals surface area contributed by atoms with Crippen molar-refractivity contribution in [2.24, 2.45) is 0 Å². The summed E-state index contributed by atoms with van der Waals surface area (Å²) in [6.45, 7) is 2.72. The molecule has 0 atom stereocenters. The molecule has 2 heterocycles. The van der Waals surface area contributed by atoms with Gasteiger partial charge >= 0.3 is 0 Å². The number of hydrogen-bond acceptors (Lipinski definition) is 3. The van der Waals surface area contributed by atoms with Gasteiger partial charge in [0.25, 0.3) is 0 Å². The summed E-state index contributed by atoms with van der Waals surface area (Å²) in [7, 11) is 0. The van der Waals surface area contributed by atoms with E-state index in [1.807, 2.05) is 60.0 Å². The molecule has 0 saturated carbocycles. The van der Waals surface area contributed by atoms with Crippen molar-refractivity contribution in [2.75, 3.05) is 13.2 Å². The fourth-order valence-electron chi connectivity index (χ4n) is 2.88. The van der Waals surface area contributed by atoms with E-state index >= 15 is 0 Å². The Bertz CT molecular complexity index is 1040. The molecule has 0 saturated heterocycles. The quantitative estimate of drug-likeness (QED) is 0.457. The highest BCUT2D eigenvalue weighted by Gasteiger charge is 2.15. The number of ether oxygens (including phenoxy) is 2. The van der Waals surface area contributed by atoms with Gasteiger partial charge in [-0.3, -0.25) is 4.40 Å². The average Bonchev–Trinajstić information content (AvgIpc) is 3.05. The van der Waals surface area contributed by atoms with Crippen LogP contribution in [0.3, 0.4) is 0 Å². The van der Waals surface area contributed by atoms with Crippen LogP contribution in [0, 0.1) is 12.7 Å². The van der Waals surface area contributed by atoms with Crippen molar-refractivity contribution in [2.45, 2.75) is 6.92 Å². The molecule has 0 N–H and O–H groups in total. The number of benzene rings is 2. The third-order valence-corrected chi connectivity index (χ3v) is 4.17. The van der Waals surface area contributed by atoms with Crippen LogP contribution in [0.5, 0.6) is 11.6 Å². The molecule has 0 fully saturated rings. The predicted octanol–water partition coefficient (Wildman–Crippen LogP) is 4.91. The highest BCUT2D eigenvalue weighted by molar-refractivity contribution is 5.69. The van der Waals surface area contributed by atoms with Gasteiger partial charge < -0.3 is 9.47 Å². The molecule has 5 heteroatoms. The van der Waals surface area contributed by atoms with E-state index in [-0.39, 0.29) is 5.82 Å². The number of pyridine rings is 1. The Hall–Kier alpha value is -3.34. The Morgan fingerprint density at radius 1 is 0.889 bits per heavy atom. The Balaban J connectivity index is 1.56. The average molecular weight is 362 g/mol. The van der Waals surface area contributed by atoms with Crippen molar-refractivity contribution in [3.8, 4) is 22.9 Å². The standard InChI is InChI=1S/C22H19FN2O2/c1-16-7-12-20-24-21(17-5-3-2-4-6-17)22(25(20)15-16)27-14-13-26-19-10-8-18(23)9-11-19/h2-12,15H,13-14H2,1H3. The Morgan fingerprint density at radius 3 is 2.41 bits per heavy atom. The number of rotatable bonds is 6. The van der Waals surface area contributed by atoms with Gasteiger partial charge in [-0.25, -0.2) is 9.37 Å². The molecule has 4 rings (SSSR count). The van der Waals surface area contributed by atoms with Gasteiger partial charge in [-0.2, -0.15) is 0 Å². The summed E-state index contributed by atoms with van der Waals surface area (Å²) in [5, 5.41) is 0. The Labute approximate surface area is 156 Å². The number of nitrogens with zero attached hydrogens (tertiary/aromatic N) is 2. The van der Waals surface area contributed by atoms with Gasteiger partial charge in [0, 0.05) is 11.8 Å². The summed E-state index contributed by atoms with van der Waals surface area (Å²) >= 11 is 0. The minimum Gasteiger partial charge on any atom is -0.490 e. The van der Waals surface area contributed by atoms with E-state index in [0.717, 1.165) is 22.5 Å². The van der Waals surface area contributed by atoms with Gasteiger partial charge in [0.05, 0.1) is 0 Å². The molecule has 0 unspecified atom stereocenters. The maximum atomic E-state index is 13.0. The van der Waals surface area contributed by atoms with E-state index in [1.54, 1.807) is 12.1 Å². The van der Waals surface area contributed by atoms with Crippen molar-refractivity contribution in [1.82, 2.24) is 9.38 Å². The topological polar surface area (TPSA) is 35.8 Å². The largest absolute Gasteiger partial charge is 0.490 e. The summed E-state index contributed by atoms with van der Waals surface area (Å²) in [5.41, 5.74) is 3.73. The third-order valence-electron chi connectivity index (χ3n) is 4.17. The zero-order chi connectivity index (χ0) is 18.6. The fraction of sp³-hybridized carbons (Fsp3) is 0.136. The molecule has 2 aromatic heterocycles. The first-order valence-corrected chi connectivity index (χ1v) is 8.76. The van der Waals surface area contributed by atoms with Crippen molar-refractivity contribution >= 4 is 5.65 Å². The number of fused-ring (bicyclic) bond motifs is 1. The second-order valence-corrected chi connectivity index (χ2v) is 6.22. The van der Waals surface area contributed by atoms with E-state index < -0.39 is 0 Å². The Kier molecular flexibility index (Phi) is 4.75. The monoisotopic (exact) mass is 362 g/mol. The highest BCUT2D eigenvalue weighted by Crippen LogP contribution is 2.30. The molecule has 0 bridgehead atoms. The second-order valence-electron chi connectivity index (χ2n) is 6.22. The van der Waals surface area contributed by atoms with Gasteiger partial charge in [-0.05, 0) is 42.8 Å². The first-order chi connectivity index (χ1) is 13.2. The van der Waals surface area contributed by atoms with Crippen LogP contribution in [0.25, 0.3) is 16.9 Å². The van der Waals surface area contributed by atoms with Gasteiger partial charge in [0.2, 0.25) is 5.88 Å². The molecular weight excluding hydrogens is 343 g/mol. The minimum atomic E-state index is -0.285. The van der Waals surface area contributed by atoms with Gasteiger partial charge in [0.15, 0.2) is 0 Å². The molecule has 2 aromatic carbocycles. The van der Waals surface area contributed by atoms with Crippen molar-refractivity contribution in [3.05, 3.63) is 84.3 Å². The zero-order valence-corrected chi connectivity index (χ0v) is 14.9. The van der Waals surface area contributed by atoms with E-state index in [9.17, 15) is 4.39 Å². The highest BCUT2D eigenvalue weighted by atomic mass is 19.1. The summed E-state index contributed by atoms with van der Waals surface area (Å²) in [4.78, 5) is 4.73. The zero-order valence-electron chi connectivity index (χ0n) is 14.9. The lowest BCUT2D eigenvalue weighted by atomic mass is 10.2. The molecular formula is C22H19FN2O2. The molecule has 0 aliphatic heterocycles. The first kappa shape index (κ1) is 17.1. The molecule has 136 valence electrons. The van der Waals surface area contributed by atoms with Gasteiger partial charge in [0.1, 0.15) is 36.1 Å². The lowest BCUT2D eigenvalue weighted by Crippen LogP contribution is -2.10. The molecule has 27 heavy (non-hydrogen) atoms. The Morgan fingerprint density at radius 2 is 1.63 bits per heavy atom. The first-order valence-electron chi connectivity index (χ1n) is 8.76. The molecule has 0 radical (unpaired) electrons. The predicted molar refractivity (Wildman–Crippen MR) is 103 cm³/mol. The number of imidazole rings is 1. The third kappa shape index (κ3) is 3.77. The van der Waals surface area contributed by atoms with Gasteiger partial charge in [-0.1, -0.05) is 36.4 Å².